The van der Waals surface area contributed by atoms with E-state index in [0.717, 1.165) is 21.9 Å². The number of rotatable bonds is 8. The van der Waals surface area contributed by atoms with Gasteiger partial charge in [-0.2, -0.15) is 0 Å². The number of aromatic nitrogens is 1. The van der Waals surface area contributed by atoms with Gasteiger partial charge in [0.15, 0.2) is 23.2 Å². The van der Waals surface area contributed by atoms with E-state index < -0.39 is 41.2 Å². The van der Waals surface area contributed by atoms with Crippen molar-refractivity contribution in [2.75, 3.05) is 29.5 Å². The topological polar surface area (TPSA) is 99.3 Å². The summed E-state index contributed by atoms with van der Waals surface area (Å²) in [6.07, 6.45) is 1.01. The fraction of sp³-hybridized carbons (Fsp3) is 0.368. The highest BCUT2D eigenvalue weighted by atomic mass is 19.2. The van der Waals surface area contributed by atoms with Gasteiger partial charge in [-0.25, -0.2) is 13.2 Å². The summed E-state index contributed by atoms with van der Waals surface area (Å²) in [5.41, 5.74) is -1.21. The fourth-order valence-electron chi connectivity index (χ4n) is 2.98. The molecule has 3 rings (SSSR count). The Kier molecular flexibility index (Phi) is 6.63. The molecule has 2 atom stereocenters. The number of ketones is 1. The largest absolute Gasteiger partial charge is 0.473 e. The van der Waals surface area contributed by atoms with Crippen molar-refractivity contribution < 1.29 is 37.4 Å². The van der Waals surface area contributed by atoms with Crippen molar-refractivity contribution in [2.45, 2.75) is 25.7 Å². The van der Waals surface area contributed by atoms with Crippen molar-refractivity contribution >= 4 is 17.2 Å². The number of anilines is 2. The van der Waals surface area contributed by atoms with E-state index in [9.17, 15) is 28.2 Å². The predicted octanol–water partition coefficient (Wildman–Crippen LogP) is 1.97. The Morgan fingerprint density at radius 3 is 2.70 bits per heavy atom. The number of carbonyl (C=O) groups is 1. The third-order valence-electron chi connectivity index (χ3n) is 4.45. The summed E-state index contributed by atoms with van der Waals surface area (Å²) in [6, 6.07) is 2.14. The molecule has 162 valence electrons. The maximum atomic E-state index is 14.8. The monoisotopic (exact) mass is 427 g/mol. The molecule has 1 aromatic carbocycles. The smallest absolute Gasteiger partial charge is 0.254 e. The molecule has 8 nitrogen and oxygen atoms in total. The second-order valence-corrected chi connectivity index (χ2v) is 6.67. The molecule has 2 heterocycles. The number of allylic oxidation sites excluding steroid dienone is 1. The number of aliphatic hydroxyl groups excluding tert-OH is 2. The standard InChI is InChI=1S/C19H20F3N3O5/c1-11(26)25(9-13(28)10-29-16-4-7-30-23-16)15-8-14(20)19(18(22)17(15)21)24-5-2-12(27)3-6-24/h2,4-5,7-8,11,13,26,28H,3,6,9-10H2,1H3. The normalized spacial score (nSPS) is 15.9. The van der Waals surface area contributed by atoms with E-state index in [1.807, 2.05) is 0 Å². The zero-order chi connectivity index (χ0) is 21.8. The van der Waals surface area contributed by atoms with Crippen LogP contribution in [0.1, 0.15) is 13.3 Å². The molecular weight excluding hydrogens is 407 g/mol. The first-order valence-corrected chi connectivity index (χ1v) is 9.09. The number of hydrogen-bond acceptors (Lipinski definition) is 8. The van der Waals surface area contributed by atoms with Crippen molar-refractivity contribution in [3.63, 3.8) is 0 Å². The van der Waals surface area contributed by atoms with E-state index in [0.29, 0.717) is 0 Å². The fourth-order valence-corrected chi connectivity index (χ4v) is 2.98. The predicted molar refractivity (Wildman–Crippen MR) is 99.5 cm³/mol. The second kappa shape index (κ2) is 9.18. The van der Waals surface area contributed by atoms with Crippen molar-refractivity contribution in [3.05, 3.63) is 48.1 Å². The first-order chi connectivity index (χ1) is 14.3. The molecule has 0 bridgehead atoms. The lowest BCUT2D eigenvalue weighted by Gasteiger charge is -2.31. The van der Waals surface area contributed by atoms with Gasteiger partial charge in [0, 0.05) is 37.8 Å². The molecule has 1 aliphatic rings. The molecule has 0 saturated heterocycles. The minimum atomic E-state index is -1.47. The molecule has 1 aromatic heterocycles. The summed E-state index contributed by atoms with van der Waals surface area (Å²) in [7, 11) is 0. The molecule has 2 aromatic rings. The van der Waals surface area contributed by atoms with Gasteiger partial charge in [-0.1, -0.05) is 0 Å². The number of nitrogens with zero attached hydrogens (tertiary/aromatic N) is 3. The molecule has 0 aliphatic carbocycles. The number of benzene rings is 1. The summed E-state index contributed by atoms with van der Waals surface area (Å²) in [5, 5.41) is 23.6. The Balaban J connectivity index is 1.82. The molecule has 0 saturated carbocycles. The van der Waals surface area contributed by atoms with Gasteiger partial charge in [0.05, 0.1) is 5.69 Å². The summed E-state index contributed by atoms with van der Waals surface area (Å²) in [6.45, 7) is 0.587. The number of halogens is 3. The maximum absolute atomic E-state index is 14.8. The Hall–Kier alpha value is -3.05. The minimum Gasteiger partial charge on any atom is -0.473 e. The van der Waals surface area contributed by atoms with Gasteiger partial charge in [0.1, 0.15) is 30.9 Å². The number of aliphatic hydroxyl groups is 2. The first-order valence-electron chi connectivity index (χ1n) is 9.09. The van der Waals surface area contributed by atoms with Gasteiger partial charge < -0.3 is 29.3 Å². The molecule has 0 fully saturated rings. The average Bonchev–Trinajstić information content (AvgIpc) is 3.22. The molecule has 1 aliphatic heterocycles. The van der Waals surface area contributed by atoms with Crippen molar-refractivity contribution in [2.24, 2.45) is 0 Å². The molecule has 0 amide bonds. The Labute approximate surface area is 169 Å². The van der Waals surface area contributed by atoms with E-state index in [4.69, 9.17) is 4.74 Å². The zero-order valence-electron chi connectivity index (χ0n) is 16.0. The van der Waals surface area contributed by atoms with Crippen molar-refractivity contribution in [3.8, 4) is 5.88 Å². The minimum absolute atomic E-state index is 0.000176. The van der Waals surface area contributed by atoms with Crippen LogP contribution in [-0.2, 0) is 4.79 Å². The first kappa shape index (κ1) is 21.7. The van der Waals surface area contributed by atoms with E-state index in [1.165, 1.54) is 25.5 Å². The van der Waals surface area contributed by atoms with Crippen LogP contribution in [0.15, 0.2) is 35.2 Å². The van der Waals surface area contributed by atoms with Crippen molar-refractivity contribution in [1.82, 2.24) is 5.16 Å². The highest BCUT2D eigenvalue weighted by Crippen LogP contribution is 2.34. The average molecular weight is 427 g/mol. The summed E-state index contributed by atoms with van der Waals surface area (Å²) < 4.78 is 53.9. The quantitative estimate of drug-likeness (QED) is 0.487. The molecule has 0 spiro atoms. The van der Waals surface area contributed by atoms with E-state index >= 15 is 0 Å². The molecule has 11 heteroatoms. The Morgan fingerprint density at radius 1 is 1.33 bits per heavy atom. The number of hydrogen-bond donors (Lipinski definition) is 2. The third-order valence-corrected chi connectivity index (χ3v) is 4.45. The van der Waals surface area contributed by atoms with Gasteiger partial charge in [0.25, 0.3) is 5.88 Å². The van der Waals surface area contributed by atoms with E-state index in [1.54, 1.807) is 0 Å². The summed E-state index contributed by atoms with van der Waals surface area (Å²) in [4.78, 5) is 13.3. The van der Waals surface area contributed by atoms with Crippen LogP contribution >= 0.6 is 0 Å². The number of ether oxygens (including phenoxy) is 1. The lowest BCUT2D eigenvalue weighted by atomic mass is 10.1. The van der Waals surface area contributed by atoms with E-state index in [2.05, 4.69) is 9.68 Å². The van der Waals surface area contributed by atoms with Crippen molar-refractivity contribution in [1.29, 1.82) is 0 Å². The third kappa shape index (κ3) is 4.74. The number of carbonyl (C=O) groups excluding carboxylic acids is 1. The lowest BCUT2D eigenvalue weighted by molar-refractivity contribution is -0.114. The van der Waals surface area contributed by atoms with E-state index in [-0.39, 0.29) is 37.8 Å². The van der Waals surface area contributed by atoms with Crippen LogP contribution in [0.5, 0.6) is 5.88 Å². The lowest BCUT2D eigenvalue weighted by Crippen LogP contribution is -2.42. The molecule has 2 unspecified atom stereocenters. The summed E-state index contributed by atoms with van der Waals surface area (Å²) >= 11 is 0. The SMILES string of the molecule is CC(O)N(CC(O)COc1ccon1)c1cc(F)c(N2C=CC(=O)CC2)c(F)c1F. The Morgan fingerprint density at radius 2 is 2.10 bits per heavy atom. The zero-order valence-corrected chi connectivity index (χ0v) is 16.0. The van der Waals surface area contributed by atoms with Gasteiger partial charge in [-0.3, -0.25) is 4.79 Å². The van der Waals surface area contributed by atoms with Gasteiger partial charge in [-0.05, 0) is 18.2 Å². The molecular formula is C19H20F3N3O5. The van der Waals surface area contributed by atoms with Crippen LogP contribution in [0.25, 0.3) is 0 Å². The summed E-state index contributed by atoms with van der Waals surface area (Å²) in [5.74, 6) is -4.04. The van der Waals surface area contributed by atoms with Crippen LogP contribution in [0.2, 0.25) is 0 Å². The van der Waals surface area contributed by atoms with Crippen LogP contribution in [0.3, 0.4) is 0 Å². The van der Waals surface area contributed by atoms with Crippen LogP contribution in [-0.4, -0.2) is 53.2 Å². The van der Waals surface area contributed by atoms with Crippen LogP contribution in [0, 0.1) is 17.5 Å². The van der Waals surface area contributed by atoms with Crippen LogP contribution < -0.4 is 14.5 Å². The van der Waals surface area contributed by atoms with Gasteiger partial charge >= 0.3 is 0 Å². The molecule has 2 N–H and O–H groups in total. The second-order valence-electron chi connectivity index (χ2n) is 6.67. The maximum Gasteiger partial charge on any atom is 0.254 e. The Bertz CT molecular complexity index is 921. The van der Waals surface area contributed by atoms with Gasteiger partial charge in [0.2, 0.25) is 0 Å². The molecule has 0 radical (unpaired) electrons. The van der Waals surface area contributed by atoms with Gasteiger partial charge in [-0.15, -0.1) is 0 Å². The highest BCUT2D eigenvalue weighted by Gasteiger charge is 2.28. The highest BCUT2D eigenvalue weighted by molar-refractivity contribution is 5.91. The van der Waals surface area contributed by atoms with Crippen LogP contribution in [0.4, 0.5) is 24.5 Å². The molecule has 30 heavy (non-hydrogen) atoms.